The zero-order valence-corrected chi connectivity index (χ0v) is 14.6. The molecule has 1 atom stereocenters. The highest BCUT2D eigenvalue weighted by atomic mass is 16.6. The van der Waals surface area contributed by atoms with Gasteiger partial charge in [-0.05, 0) is 55.1 Å². The number of benzene rings is 2. The molecule has 0 saturated heterocycles. The molecule has 0 aliphatic heterocycles. The Balaban J connectivity index is 1.97. The van der Waals surface area contributed by atoms with Crippen molar-refractivity contribution in [2.75, 3.05) is 6.61 Å². The Labute approximate surface area is 151 Å². The molecule has 0 aliphatic carbocycles. The summed E-state index contributed by atoms with van der Waals surface area (Å²) in [5.74, 6) is 0.189. The largest absolute Gasteiger partial charge is 0.479 e. The number of pyridine rings is 1. The molecule has 0 bridgehead atoms. The van der Waals surface area contributed by atoms with E-state index < -0.39 is 12.1 Å². The van der Waals surface area contributed by atoms with E-state index in [1.165, 1.54) is 0 Å². The van der Waals surface area contributed by atoms with Crippen LogP contribution in [0.5, 0.6) is 5.75 Å². The van der Waals surface area contributed by atoms with Crippen LogP contribution < -0.4 is 4.74 Å². The Morgan fingerprint density at radius 1 is 1.19 bits per heavy atom. The minimum Gasteiger partial charge on any atom is -0.479 e. The molecule has 0 aliphatic rings. The summed E-state index contributed by atoms with van der Waals surface area (Å²) in [5, 5.41) is 10.9. The van der Waals surface area contributed by atoms with Gasteiger partial charge in [0.1, 0.15) is 5.75 Å². The highest BCUT2D eigenvalue weighted by Crippen LogP contribution is 2.31. The van der Waals surface area contributed by atoms with Crippen LogP contribution in [0.15, 0.2) is 54.9 Å². The van der Waals surface area contributed by atoms with Gasteiger partial charge in [0.05, 0.1) is 18.2 Å². The number of hydrogen-bond donors (Lipinski definition) is 0. The number of esters is 1. The first-order valence-electron chi connectivity index (χ1n) is 8.34. The molecule has 5 heteroatoms. The molecule has 0 radical (unpaired) electrons. The van der Waals surface area contributed by atoms with Gasteiger partial charge < -0.3 is 9.47 Å². The molecule has 0 fully saturated rings. The lowest BCUT2D eigenvalue weighted by Crippen LogP contribution is -2.26. The molecule has 3 rings (SSSR count). The van der Waals surface area contributed by atoms with Gasteiger partial charge in [-0.2, -0.15) is 5.26 Å². The van der Waals surface area contributed by atoms with Crippen molar-refractivity contribution in [3.63, 3.8) is 0 Å². The number of fused-ring (bicyclic) bond motifs is 1. The molecule has 0 saturated carbocycles. The second-order valence-electron chi connectivity index (χ2n) is 5.77. The number of ether oxygens (including phenoxy) is 2. The maximum atomic E-state index is 11.8. The maximum absolute atomic E-state index is 11.8. The third-order valence-corrected chi connectivity index (χ3v) is 3.99. The highest BCUT2D eigenvalue weighted by molar-refractivity contribution is 5.96. The number of carbonyl (C=O) groups excluding carboxylic acids is 1. The molecular formula is C21H18N2O3. The molecule has 0 spiro atoms. The Morgan fingerprint density at radius 2 is 1.96 bits per heavy atom. The molecule has 0 amide bonds. The Morgan fingerprint density at radius 3 is 2.65 bits per heavy atom. The molecular weight excluding hydrogens is 328 g/mol. The fourth-order valence-electron chi connectivity index (χ4n) is 2.68. The average Bonchev–Trinajstić information content (AvgIpc) is 2.67. The SMILES string of the molecule is CCOC(=O)[C@H](C)Oc1ccc2cncc(-c3ccc(C#N)cc3)c2c1. The lowest BCUT2D eigenvalue weighted by molar-refractivity contribution is -0.150. The second-order valence-corrected chi connectivity index (χ2v) is 5.77. The summed E-state index contributed by atoms with van der Waals surface area (Å²) < 4.78 is 10.7. The first-order valence-corrected chi connectivity index (χ1v) is 8.34. The number of hydrogen-bond acceptors (Lipinski definition) is 5. The van der Waals surface area contributed by atoms with E-state index in [1.807, 2.05) is 30.3 Å². The average molecular weight is 346 g/mol. The van der Waals surface area contributed by atoms with E-state index in [0.29, 0.717) is 17.9 Å². The topological polar surface area (TPSA) is 72.2 Å². The van der Waals surface area contributed by atoms with Gasteiger partial charge >= 0.3 is 5.97 Å². The predicted molar refractivity (Wildman–Crippen MR) is 98.6 cm³/mol. The van der Waals surface area contributed by atoms with Crippen molar-refractivity contribution in [2.45, 2.75) is 20.0 Å². The van der Waals surface area contributed by atoms with Crippen molar-refractivity contribution in [1.82, 2.24) is 4.98 Å². The van der Waals surface area contributed by atoms with Gasteiger partial charge in [0.2, 0.25) is 0 Å². The zero-order chi connectivity index (χ0) is 18.5. The summed E-state index contributed by atoms with van der Waals surface area (Å²) in [6.45, 7) is 3.74. The van der Waals surface area contributed by atoms with Crippen LogP contribution in [0.1, 0.15) is 19.4 Å². The molecule has 1 aromatic heterocycles. The Hall–Kier alpha value is -3.39. The lowest BCUT2D eigenvalue weighted by atomic mass is 10.00. The van der Waals surface area contributed by atoms with E-state index in [2.05, 4.69) is 11.1 Å². The van der Waals surface area contributed by atoms with Gasteiger partial charge in [-0.3, -0.25) is 4.98 Å². The fraction of sp³-hybridized carbons (Fsp3) is 0.190. The van der Waals surface area contributed by atoms with Crippen LogP contribution in [-0.4, -0.2) is 23.7 Å². The van der Waals surface area contributed by atoms with Crippen molar-refractivity contribution in [3.05, 3.63) is 60.4 Å². The first kappa shape index (κ1) is 17.4. The van der Waals surface area contributed by atoms with Gasteiger partial charge in [-0.1, -0.05) is 12.1 Å². The number of nitrogens with zero attached hydrogens (tertiary/aromatic N) is 2. The van der Waals surface area contributed by atoms with E-state index in [0.717, 1.165) is 21.9 Å². The van der Waals surface area contributed by atoms with Crippen LogP contribution in [0.4, 0.5) is 0 Å². The summed E-state index contributed by atoms with van der Waals surface area (Å²) in [6, 6.07) is 15.1. The molecule has 1 heterocycles. The van der Waals surface area contributed by atoms with E-state index in [1.54, 1.807) is 38.4 Å². The summed E-state index contributed by atoms with van der Waals surface area (Å²) >= 11 is 0. The number of carbonyl (C=O) groups is 1. The predicted octanol–water partition coefficient (Wildman–Crippen LogP) is 4.10. The molecule has 130 valence electrons. The fourth-order valence-corrected chi connectivity index (χ4v) is 2.68. The van der Waals surface area contributed by atoms with Gasteiger partial charge in [0.15, 0.2) is 6.10 Å². The van der Waals surface area contributed by atoms with Crippen molar-refractivity contribution in [2.24, 2.45) is 0 Å². The minimum absolute atomic E-state index is 0.318. The maximum Gasteiger partial charge on any atom is 0.347 e. The van der Waals surface area contributed by atoms with Crippen molar-refractivity contribution in [1.29, 1.82) is 5.26 Å². The van der Waals surface area contributed by atoms with Gasteiger partial charge in [0.25, 0.3) is 0 Å². The third kappa shape index (κ3) is 3.65. The Kier molecular flexibility index (Phi) is 5.14. The van der Waals surface area contributed by atoms with Crippen LogP contribution in [0.25, 0.3) is 21.9 Å². The molecule has 0 unspecified atom stereocenters. The summed E-state index contributed by atoms with van der Waals surface area (Å²) in [5.41, 5.74) is 2.49. The van der Waals surface area contributed by atoms with Crippen LogP contribution in [0, 0.1) is 11.3 Å². The molecule has 5 nitrogen and oxygen atoms in total. The monoisotopic (exact) mass is 346 g/mol. The van der Waals surface area contributed by atoms with Crippen molar-refractivity contribution < 1.29 is 14.3 Å². The summed E-state index contributed by atoms with van der Waals surface area (Å²) in [6.07, 6.45) is 2.87. The number of aromatic nitrogens is 1. The zero-order valence-electron chi connectivity index (χ0n) is 14.6. The minimum atomic E-state index is -0.687. The summed E-state index contributed by atoms with van der Waals surface area (Å²) in [7, 11) is 0. The van der Waals surface area contributed by atoms with E-state index in [-0.39, 0.29) is 0 Å². The highest BCUT2D eigenvalue weighted by Gasteiger charge is 2.16. The molecule has 26 heavy (non-hydrogen) atoms. The van der Waals surface area contributed by atoms with E-state index in [4.69, 9.17) is 14.7 Å². The molecule has 2 aromatic carbocycles. The molecule has 0 N–H and O–H groups in total. The standard InChI is InChI=1S/C21H18N2O3/c1-3-25-21(24)14(2)26-18-9-8-17-12-23-13-20(19(17)10-18)16-6-4-15(11-22)5-7-16/h4-10,12-14H,3H2,1-2H3/t14-/m0/s1. The van der Waals surface area contributed by atoms with Crippen molar-refractivity contribution >= 4 is 16.7 Å². The van der Waals surface area contributed by atoms with Gasteiger partial charge in [-0.15, -0.1) is 0 Å². The van der Waals surface area contributed by atoms with Crippen molar-refractivity contribution in [3.8, 4) is 22.9 Å². The van der Waals surface area contributed by atoms with Gasteiger partial charge in [-0.25, -0.2) is 4.79 Å². The number of nitriles is 1. The third-order valence-electron chi connectivity index (χ3n) is 3.99. The summed E-state index contributed by atoms with van der Waals surface area (Å²) in [4.78, 5) is 16.1. The normalized spacial score (nSPS) is 11.6. The second kappa shape index (κ2) is 7.66. The van der Waals surface area contributed by atoms with Crippen LogP contribution in [-0.2, 0) is 9.53 Å². The Bertz CT molecular complexity index is 975. The van der Waals surface area contributed by atoms with Crippen LogP contribution in [0.2, 0.25) is 0 Å². The quantitative estimate of drug-likeness (QED) is 0.650. The van der Waals surface area contributed by atoms with Gasteiger partial charge in [0, 0.05) is 23.3 Å². The van der Waals surface area contributed by atoms with Crippen LogP contribution in [0.3, 0.4) is 0 Å². The smallest absolute Gasteiger partial charge is 0.347 e. The van der Waals surface area contributed by atoms with E-state index in [9.17, 15) is 4.79 Å². The molecule has 3 aromatic rings. The first-order chi connectivity index (χ1) is 12.6. The van der Waals surface area contributed by atoms with E-state index >= 15 is 0 Å². The van der Waals surface area contributed by atoms with Crippen LogP contribution >= 0.6 is 0 Å². The number of rotatable bonds is 5. The lowest BCUT2D eigenvalue weighted by Gasteiger charge is -2.14.